The van der Waals surface area contributed by atoms with E-state index in [1.807, 2.05) is 23.1 Å². The lowest BCUT2D eigenvalue weighted by Crippen LogP contribution is -2.43. The molecule has 0 aliphatic carbocycles. The van der Waals surface area contributed by atoms with E-state index in [-0.39, 0.29) is 12.0 Å². The Bertz CT molecular complexity index is 455. The molecule has 4 nitrogen and oxygen atoms in total. The van der Waals surface area contributed by atoms with Crippen LogP contribution >= 0.6 is 0 Å². The molecule has 0 saturated carbocycles. The predicted molar refractivity (Wildman–Crippen MR) is 74.3 cm³/mol. The normalized spacial score (nSPS) is 22.9. The summed E-state index contributed by atoms with van der Waals surface area (Å²) in [6.45, 7) is 3.20. The summed E-state index contributed by atoms with van der Waals surface area (Å²) < 4.78 is 5.62. The van der Waals surface area contributed by atoms with E-state index in [1.54, 1.807) is 0 Å². The fourth-order valence-corrected chi connectivity index (χ4v) is 2.85. The van der Waals surface area contributed by atoms with Crippen LogP contribution in [0.25, 0.3) is 0 Å². The van der Waals surface area contributed by atoms with Gasteiger partial charge in [-0.1, -0.05) is 18.2 Å². The molecule has 0 aromatic heterocycles. The van der Waals surface area contributed by atoms with Crippen molar-refractivity contribution in [2.24, 2.45) is 0 Å². The zero-order valence-corrected chi connectivity index (χ0v) is 11.1. The van der Waals surface area contributed by atoms with E-state index in [0.29, 0.717) is 13.0 Å². The summed E-state index contributed by atoms with van der Waals surface area (Å²) in [6.07, 6.45) is 2.62. The zero-order chi connectivity index (χ0) is 13.1. The monoisotopic (exact) mass is 260 g/mol. The van der Waals surface area contributed by atoms with Crippen molar-refractivity contribution in [2.75, 3.05) is 31.1 Å². The summed E-state index contributed by atoms with van der Waals surface area (Å²) in [6, 6.07) is 8.21. The first-order valence-corrected chi connectivity index (χ1v) is 7.05. The molecular formula is C15H20N2O2. The number of ether oxygens (including phenoxy) is 1. The van der Waals surface area contributed by atoms with E-state index in [9.17, 15) is 4.79 Å². The fraction of sp³-hybridized carbons (Fsp3) is 0.533. The molecule has 0 radical (unpaired) electrons. The molecule has 1 amide bonds. The highest BCUT2D eigenvalue weighted by Crippen LogP contribution is 2.27. The molecule has 4 heteroatoms. The first-order chi connectivity index (χ1) is 9.34. The van der Waals surface area contributed by atoms with E-state index >= 15 is 0 Å². The van der Waals surface area contributed by atoms with Crippen molar-refractivity contribution in [3.63, 3.8) is 0 Å². The number of nitrogens with zero attached hydrogens (tertiary/aromatic N) is 1. The van der Waals surface area contributed by atoms with Crippen molar-refractivity contribution in [1.82, 2.24) is 5.32 Å². The van der Waals surface area contributed by atoms with Crippen LogP contribution in [-0.4, -0.2) is 38.3 Å². The van der Waals surface area contributed by atoms with Crippen LogP contribution < -0.4 is 10.2 Å². The highest BCUT2D eigenvalue weighted by molar-refractivity contribution is 5.94. The van der Waals surface area contributed by atoms with E-state index in [4.69, 9.17) is 4.74 Å². The van der Waals surface area contributed by atoms with Gasteiger partial charge in [-0.25, -0.2) is 0 Å². The molecule has 1 N–H and O–H groups in total. The minimum atomic E-state index is 0.0235. The molecule has 2 heterocycles. The summed E-state index contributed by atoms with van der Waals surface area (Å²) in [4.78, 5) is 14.4. The molecule has 2 aliphatic heterocycles. The molecule has 1 fully saturated rings. The van der Waals surface area contributed by atoms with Crippen molar-refractivity contribution >= 4 is 11.6 Å². The number of aryl methyl sites for hydroxylation is 1. The predicted octanol–water partition coefficient (Wildman–Crippen LogP) is 1.34. The Morgan fingerprint density at radius 3 is 3.16 bits per heavy atom. The lowest BCUT2D eigenvalue weighted by molar-refractivity contribution is -0.122. The molecule has 1 aromatic carbocycles. The van der Waals surface area contributed by atoms with Crippen LogP contribution in [-0.2, 0) is 16.0 Å². The second-order valence-corrected chi connectivity index (χ2v) is 5.18. The number of morpholine rings is 1. The number of carbonyl (C=O) groups is 1. The Kier molecular flexibility index (Phi) is 3.80. The second kappa shape index (κ2) is 5.72. The van der Waals surface area contributed by atoms with Gasteiger partial charge in [-0.3, -0.25) is 4.79 Å². The Morgan fingerprint density at radius 1 is 1.42 bits per heavy atom. The summed E-state index contributed by atoms with van der Waals surface area (Å²) in [5.74, 6) is 0.181. The van der Waals surface area contributed by atoms with Crippen LogP contribution in [0.4, 0.5) is 5.69 Å². The van der Waals surface area contributed by atoms with E-state index in [2.05, 4.69) is 11.4 Å². The van der Waals surface area contributed by atoms with Crippen molar-refractivity contribution in [3.05, 3.63) is 29.8 Å². The van der Waals surface area contributed by atoms with Crippen LogP contribution in [0, 0.1) is 0 Å². The molecule has 3 rings (SSSR count). The van der Waals surface area contributed by atoms with Crippen molar-refractivity contribution in [3.8, 4) is 0 Å². The van der Waals surface area contributed by atoms with Crippen LogP contribution in [0.5, 0.6) is 0 Å². The topological polar surface area (TPSA) is 41.6 Å². The van der Waals surface area contributed by atoms with E-state index in [1.165, 1.54) is 5.56 Å². The molecule has 0 spiro atoms. The summed E-state index contributed by atoms with van der Waals surface area (Å²) in [7, 11) is 0. The standard InChI is InChI=1S/C15H20N2O2/c18-15(10-13-11-16-7-9-19-13)17-8-3-5-12-4-1-2-6-14(12)17/h1-2,4,6,13,16H,3,5,7-11H2. The minimum Gasteiger partial charge on any atom is -0.375 e. The number of hydrogen-bond donors (Lipinski definition) is 1. The van der Waals surface area contributed by atoms with Gasteiger partial charge in [0, 0.05) is 25.3 Å². The molecule has 102 valence electrons. The molecule has 2 aliphatic rings. The number of anilines is 1. The van der Waals surface area contributed by atoms with Crippen LogP contribution in [0.2, 0.25) is 0 Å². The molecule has 0 bridgehead atoms. The SMILES string of the molecule is O=C(CC1CNCCO1)N1CCCc2ccccc21. The molecule has 1 saturated heterocycles. The molecular weight excluding hydrogens is 240 g/mol. The average molecular weight is 260 g/mol. The number of fused-ring (bicyclic) bond motifs is 1. The summed E-state index contributed by atoms with van der Waals surface area (Å²) in [5, 5.41) is 3.27. The van der Waals surface area contributed by atoms with E-state index < -0.39 is 0 Å². The smallest absolute Gasteiger partial charge is 0.229 e. The Balaban J connectivity index is 1.70. The third-order valence-electron chi connectivity index (χ3n) is 3.82. The summed E-state index contributed by atoms with van der Waals surface area (Å²) in [5.41, 5.74) is 2.37. The van der Waals surface area contributed by atoms with Crippen molar-refractivity contribution in [1.29, 1.82) is 0 Å². The molecule has 1 atom stereocenters. The van der Waals surface area contributed by atoms with Crippen LogP contribution in [0.15, 0.2) is 24.3 Å². The van der Waals surface area contributed by atoms with Gasteiger partial charge in [-0.15, -0.1) is 0 Å². The molecule has 19 heavy (non-hydrogen) atoms. The highest BCUT2D eigenvalue weighted by atomic mass is 16.5. The molecule has 1 aromatic rings. The van der Waals surface area contributed by atoms with Gasteiger partial charge >= 0.3 is 0 Å². The number of rotatable bonds is 2. The minimum absolute atomic E-state index is 0.0235. The average Bonchev–Trinajstić information content (AvgIpc) is 2.47. The number of carbonyl (C=O) groups excluding carboxylic acids is 1. The first-order valence-electron chi connectivity index (χ1n) is 7.05. The molecule has 1 unspecified atom stereocenters. The third-order valence-corrected chi connectivity index (χ3v) is 3.82. The maximum absolute atomic E-state index is 12.4. The van der Waals surface area contributed by atoms with E-state index in [0.717, 1.165) is 38.2 Å². The quantitative estimate of drug-likeness (QED) is 0.872. The van der Waals surface area contributed by atoms with Crippen molar-refractivity contribution in [2.45, 2.75) is 25.4 Å². The highest BCUT2D eigenvalue weighted by Gasteiger charge is 2.25. The van der Waals surface area contributed by atoms with Gasteiger partial charge in [0.2, 0.25) is 5.91 Å². The second-order valence-electron chi connectivity index (χ2n) is 5.18. The van der Waals surface area contributed by atoms with Crippen LogP contribution in [0.1, 0.15) is 18.4 Å². The lowest BCUT2D eigenvalue weighted by atomic mass is 10.0. The van der Waals surface area contributed by atoms with Gasteiger partial charge < -0.3 is 15.0 Å². The maximum atomic E-state index is 12.4. The van der Waals surface area contributed by atoms with Gasteiger partial charge in [-0.05, 0) is 24.5 Å². The van der Waals surface area contributed by atoms with Crippen LogP contribution in [0.3, 0.4) is 0 Å². The Hall–Kier alpha value is -1.39. The maximum Gasteiger partial charge on any atom is 0.229 e. The van der Waals surface area contributed by atoms with Gasteiger partial charge in [0.15, 0.2) is 0 Å². The number of hydrogen-bond acceptors (Lipinski definition) is 3. The summed E-state index contributed by atoms with van der Waals surface area (Å²) >= 11 is 0. The zero-order valence-electron chi connectivity index (χ0n) is 11.1. The van der Waals surface area contributed by atoms with Gasteiger partial charge in [0.05, 0.1) is 19.1 Å². The van der Waals surface area contributed by atoms with Crippen molar-refractivity contribution < 1.29 is 9.53 Å². The van der Waals surface area contributed by atoms with Gasteiger partial charge in [0.25, 0.3) is 0 Å². The first kappa shape index (κ1) is 12.6. The number of benzene rings is 1. The number of amides is 1. The van der Waals surface area contributed by atoms with Gasteiger partial charge in [-0.2, -0.15) is 0 Å². The fourth-order valence-electron chi connectivity index (χ4n) is 2.85. The number of nitrogens with one attached hydrogen (secondary N) is 1. The number of para-hydroxylation sites is 1. The largest absolute Gasteiger partial charge is 0.375 e. The third kappa shape index (κ3) is 2.80. The van der Waals surface area contributed by atoms with Gasteiger partial charge in [0.1, 0.15) is 0 Å². The Morgan fingerprint density at radius 2 is 2.32 bits per heavy atom. The lowest BCUT2D eigenvalue weighted by Gasteiger charge is -2.31. The Labute approximate surface area is 113 Å².